The molecule has 1 fully saturated rings. The van der Waals surface area contributed by atoms with Crippen molar-refractivity contribution < 1.29 is 19.0 Å². The second-order valence-electron chi connectivity index (χ2n) is 6.56. The Hall–Kier alpha value is -2.21. The molecule has 5 nitrogen and oxygen atoms in total. The summed E-state index contributed by atoms with van der Waals surface area (Å²) in [6.07, 6.45) is 0. The third kappa shape index (κ3) is 3.50. The van der Waals surface area contributed by atoms with E-state index in [2.05, 4.69) is 35.0 Å². The molecule has 2 aromatic carbocycles. The van der Waals surface area contributed by atoms with Crippen LogP contribution in [0.5, 0.6) is 17.2 Å². The van der Waals surface area contributed by atoms with Gasteiger partial charge in [-0.25, -0.2) is 0 Å². The fraction of sp³-hybridized carbons (Fsp3) is 0.381. The summed E-state index contributed by atoms with van der Waals surface area (Å²) in [5.74, 6) is 1.82. The monoisotopic (exact) mass is 433 g/mol. The number of carbonyl (C=O) groups is 1. The number of halogens is 1. The van der Waals surface area contributed by atoms with E-state index < -0.39 is 0 Å². The van der Waals surface area contributed by atoms with Crippen molar-refractivity contribution in [3.63, 3.8) is 0 Å². The minimum atomic E-state index is -0.0480. The first-order valence-corrected chi connectivity index (χ1v) is 9.88. The van der Waals surface area contributed by atoms with Gasteiger partial charge in [-0.05, 0) is 35.7 Å². The summed E-state index contributed by atoms with van der Waals surface area (Å²) in [5, 5.41) is 0.649. The standard InChI is InChI=1S/C21H24BrNO4/c1-13-7-5-6-8-15(13)19-16(11-22)21(24)23(19)12-14-9-17(25-2)20(27-4)18(10-14)26-3/h5-10,16,19H,11-12H2,1-4H3. The molecule has 0 aromatic heterocycles. The van der Waals surface area contributed by atoms with Crippen LogP contribution in [0, 0.1) is 12.8 Å². The number of aryl methyl sites for hydroxylation is 1. The molecular weight excluding hydrogens is 410 g/mol. The van der Waals surface area contributed by atoms with Gasteiger partial charge in [-0.3, -0.25) is 4.79 Å². The van der Waals surface area contributed by atoms with E-state index in [1.807, 2.05) is 29.2 Å². The molecule has 1 amide bonds. The Morgan fingerprint density at radius 3 is 2.19 bits per heavy atom. The number of benzene rings is 2. The number of ether oxygens (including phenoxy) is 3. The van der Waals surface area contributed by atoms with Crippen LogP contribution in [0.1, 0.15) is 22.7 Å². The second-order valence-corrected chi connectivity index (χ2v) is 7.21. The van der Waals surface area contributed by atoms with Gasteiger partial charge < -0.3 is 19.1 Å². The molecule has 2 unspecified atom stereocenters. The summed E-state index contributed by atoms with van der Waals surface area (Å²) in [5.41, 5.74) is 3.31. The molecule has 144 valence electrons. The molecule has 0 N–H and O–H groups in total. The number of rotatable bonds is 7. The van der Waals surface area contributed by atoms with Gasteiger partial charge in [-0.15, -0.1) is 0 Å². The quantitative estimate of drug-likeness (QED) is 0.486. The molecule has 1 aliphatic heterocycles. The lowest BCUT2D eigenvalue weighted by Gasteiger charge is -2.47. The van der Waals surface area contributed by atoms with Crippen molar-refractivity contribution in [1.82, 2.24) is 4.90 Å². The van der Waals surface area contributed by atoms with Crippen molar-refractivity contribution in [3.05, 3.63) is 53.1 Å². The molecule has 2 atom stereocenters. The van der Waals surface area contributed by atoms with Gasteiger partial charge >= 0.3 is 0 Å². The Morgan fingerprint density at radius 1 is 1.04 bits per heavy atom. The van der Waals surface area contributed by atoms with Gasteiger partial charge in [0.2, 0.25) is 11.7 Å². The number of nitrogens with zero attached hydrogens (tertiary/aromatic N) is 1. The first-order valence-electron chi connectivity index (χ1n) is 8.76. The minimum Gasteiger partial charge on any atom is -0.493 e. The largest absolute Gasteiger partial charge is 0.493 e. The molecule has 0 spiro atoms. The topological polar surface area (TPSA) is 48.0 Å². The molecular formula is C21H24BrNO4. The zero-order valence-corrected chi connectivity index (χ0v) is 17.6. The third-order valence-electron chi connectivity index (χ3n) is 5.07. The maximum Gasteiger partial charge on any atom is 0.229 e. The zero-order valence-electron chi connectivity index (χ0n) is 16.0. The van der Waals surface area contributed by atoms with E-state index in [1.165, 1.54) is 11.1 Å². The fourth-order valence-corrected chi connectivity index (χ4v) is 4.30. The Labute approximate surface area is 168 Å². The lowest BCUT2D eigenvalue weighted by atomic mass is 9.81. The maximum atomic E-state index is 12.7. The number of alkyl halides is 1. The summed E-state index contributed by atoms with van der Waals surface area (Å²) in [6, 6.07) is 12.1. The first-order chi connectivity index (χ1) is 13.0. The highest BCUT2D eigenvalue weighted by Gasteiger charge is 2.47. The van der Waals surface area contributed by atoms with Gasteiger partial charge in [0.1, 0.15) is 0 Å². The summed E-state index contributed by atoms with van der Waals surface area (Å²) in [6.45, 7) is 2.57. The number of hydrogen-bond acceptors (Lipinski definition) is 4. The van der Waals surface area contributed by atoms with Crippen molar-refractivity contribution >= 4 is 21.8 Å². The van der Waals surface area contributed by atoms with Crippen LogP contribution in [-0.4, -0.2) is 37.5 Å². The van der Waals surface area contributed by atoms with Crippen molar-refractivity contribution in [2.75, 3.05) is 26.7 Å². The lowest BCUT2D eigenvalue weighted by molar-refractivity contribution is -0.156. The van der Waals surface area contributed by atoms with Crippen LogP contribution in [0.3, 0.4) is 0 Å². The average molecular weight is 434 g/mol. The van der Waals surface area contributed by atoms with Crippen LogP contribution in [0.15, 0.2) is 36.4 Å². The average Bonchev–Trinajstić information content (AvgIpc) is 2.69. The van der Waals surface area contributed by atoms with Crippen LogP contribution in [0.25, 0.3) is 0 Å². The highest BCUT2D eigenvalue weighted by atomic mass is 79.9. The van der Waals surface area contributed by atoms with Gasteiger partial charge in [0.05, 0.1) is 33.3 Å². The predicted octanol–water partition coefficient (Wildman–Crippen LogP) is 4.12. The second kappa shape index (κ2) is 8.21. The SMILES string of the molecule is COc1cc(CN2C(=O)C(CBr)C2c2ccccc2C)cc(OC)c1OC. The van der Waals surface area contributed by atoms with E-state index >= 15 is 0 Å². The Morgan fingerprint density at radius 2 is 1.67 bits per heavy atom. The van der Waals surface area contributed by atoms with Crippen LogP contribution in [0.2, 0.25) is 0 Å². The maximum absolute atomic E-state index is 12.7. The number of hydrogen-bond donors (Lipinski definition) is 0. The highest BCUT2D eigenvalue weighted by Crippen LogP contribution is 2.44. The van der Waals surface area contributed by atoms with Crippen LogP contribution in [0.4, 0.5) is 0 Å². The molecule has 3 rings (SSSR count). The van der Waals surface area contributed by atoms with Gasteiger partial charge in [-0.1, -0.05) is 40.2 Å². The van der Waals surface area contributed by atoms with Crippen molar-refractivity contribution in [1.29, 1.82) is 0 Å². The number of likely N-dealkylation sites (tertiary alicyclic amines) is 1. The summed E-state index contributed by atoms with van der Waals surface area (Å²) < 4.78 is 16.3. The molecule has 0 saturated carbocycles. The predicted molar refractivity (Wildman–Crippen MR) is 108 cm³/mol. The number of methoxy groups -OCH3 is 3. The molecule has 1 saturated heterocycles. The van der Waals surface area contributed by atoms with E-state index in [0.717, 1.165) is 5.56 Å². The van der Waals surface area contributed by atoms with Crippen LogP contribution >= 0.6 is 15.9 Å². The Balaban J connectivity index is 1.94. The van der Waals surface area contributed by atoms with Crippen molar-refractivity contribution in [2.45, 2.75) is 19.5 Å². The van der Waals surface area contributed by atoms with Crippen LogP contribution in [-0.2, 0) is 11.3 Å². The van der Waals surface area contributed by atoms with Crippen molar-refractivity contribution in [3.8, 4) is 17.2 Å². The summed E-state index contributed by atoms with van der Waals surface area (Å²) in [7, 11) is 4.76. The molecule has 0 radical (unpaired) electrons. The number of carbonyl (C=O) groups excluding carboxylic acids is 1. The normalized spacial score (nSPS) is 18.9. The minimum absolute atomic E-state index is 0.0480. The fourth-order valence-electron chi connectivity index (χ4n) is 3.67. The van der Waals surface area contributed by atoms with E-state index in [0.29, 0.717) is 29.1 Å². The molecule has 0 aliphatic carbocycles. The number of amides is 1. The molecule has 0 bridgehead atoms. The number of β-lactam (4-membered cyclic amide) rings is 1. The van der Waals surface area contributed by atoms with Gasteiger partial charge in [0.25, 0.3) is 0 Å². The molecule has 1 heterocycles. The zero-order chi connectivity index (χ0) is 19.6. The van der Waals surface area contributed by atoms with Crippen LogP contribution < -0.4 is 14.2 Å². The first kappa shape index (κ1) is 19.5. The molecule has 6 heteroatoms. The molecule has 27 heavy (non-hydrogen) atoms. The van der Waals surface area contributed by atoms with Gasteiger partial charge in [-0.2, -0.15) is 0 Å². The third-order valence-corrected chi connectivity index (χ3v) is 5.77. The van der Waals surface area contributed by atoms with E-state index in [-0.39, 0.29) is 17.9 Å². The smallest absolute Gasteiger partial charge is 0.229 e. The van der Waals surface area contributed by atoms with Crippen molar-refractivity contribution in [2.24, 2.45) is 5.92 Å². The van der Waals surface area contributed by atoms with E-state index in [1.54, 1.807) is 21.3 Å². The molecule has 2 aromatic rings. The van der Waals surface area contributed by atoms with Gasteiger partial charge in [0, 0.05) is 11.9 Å². The molecule has 1 aliphatic rings. The lowest BCUT2D eigenvalue weighted by Crippen LogP contribution is -2.55. The highest BCUT2D eigenvalue weighted by molar-refractivity contribution is 9.09. The Bertz CT molecular complexity index is 814. The van der Waals surface area contributed by atoms with E-state index in [9.17, 15) is 4.79 Å². The summed E-state index contributed by atoms with van der Waals surface area (Å²) >= 11 is 3.50. The van der Waals surface area contributed by atoms with E-state index in [4.69, 9.17) is 14.2 Å². The van der Waals surface area contributed by atoms with Gasteiger partial charge in [0.15, 0.2) is 11.5 Å². The summed E-state index contributed by atoms with van der Waals surface area (Å²) in [4.78, 5) is 14.6. The Kier molecular flexibility index (Phi) is 5.95.